The van der Waals surface area contributed by atoms with E-state index in [1.165, 1.54) is 0 Å². The summed E-state index contributed by atoms with van der Waals surface area (Å²) in [6.07, 6.45) is 1.56. The Kier molecular flexibility index (Phi) is 5.03. The summed E-state index contributed by atoms with van der Waals surface area (Å²) in [5.41, 5.74) is 15.4. The van der Waals surface area contributed by atoms with E-state index < -0.39 is 0 Å². The molecule has 0 unspecified atom stereocenters. The van der Waals surface area contributed by atoms with Crippen LogP contribution in [0.1, 0.15) is 25.7 Å². The third-order valence-corrected chi connectivity index (χ3v) is 1.52. The maximum absolute atomic E-state index is 10.3. The number of nitrogens with two attached hydrogens (primary N) is 3. The number of hydrogen-bond acceptors (Lipinski definition) is 3. The molecular formula is C7H15N3O2. The third-order valence-electron chi connectivity index (χ3n) is 1.52. The molecule has 0 spiro atoms. The molecule has 5 heteroatoms. The Morgan fingerprint density at radius 3 is 1.58 bits per heavy atom. The predicted molar refractivity (Wildman–Crippen MR) is 44.8 cm³/mol. The zero-order valence-electron chi connectivity index (χ0n) is 6.95. The van der Waals surface area contributed by atoms with Gasteiger partial charge in [-0.25, -0.2) is 0 Å². The van der Waals surface area contributed by atoms with Gasteiger partial charge in [0.05, 0.1) is 0 Å². The molecule has 12 heavy (non-hydrogen) atoms. The van der Waals surface area contributed by atoms with Crippen molar-refractivity contribution in [3.8, 4) is 0 Å². The van der Waals surface area contributed by atoms with Crippen LogP contribution in [-0.4, -0.2) is 17.9 Å². The van der Waals surface area contributed by atoms with Crippen LogP contribution in [0, 0.1) is 0 Å². The van der Waals surface area contributed by atoms with Gasteiger partial charge in [-0.15, -0.1) is 0 Å². The summed E-state index contributed by atoms with van der Waals surface area (Å²) in [4.78, 5) is 20.6. The van der Waals surface area contributed by atoms with Crippen LogP contribution in [0.15, 0.2) is 0 Å². The van der Waals surface area contributed by atoms with Crippen molar-refractivity contribution in [2.45, 2.75) is 31.7 Å². The molecule has 0 rings (SSSR count). The van der Waals surface area contributed by atoms with Gasteiger partial charge >= 0.3 is 0 Å². The first-order valence-corrected chi connectivity index (χ1v) is 3.84. The van der Waals surface area contributed by atoms with E-state index in [-0.39, 0.29) is 30.7 Å². The van der Waals surface area contributed by atoms with Crippen LogP contribution in [0.5, 0.6) is 0 Å². The van der Waals surface area contributed by atoms with E-state index in [0.717, 1.165) is 0 Å². The lowest BCUT2D eigenvalue weighted by molar-refractivity contribution is -0.118. The van der Waals surface area contributed by atoms with Crippen LogP contribution in [0.4, 0.5) is 0 Å². The number of carbonyl (C=O) groups is 2. The fourth-order valence-corrected chi connectivity index (χ4v) is 0.800. The minimum Gasteiger partial charge on any atom is -0.370 e. The molecular weight excluding hydrogens is 158 g/mol. The fourth-order valence-electron chi connectivity index (χ4n) is 0.800. The number of amides is 2. The van der Waals surface area contributed by atoms with Gasteiger partial charge in [0.15, 0.2) is 0 Å². The van der Waals surface area contributed by atoms with Crippen LogP contribution in [-0.2, 0) is 9.59 Å². The second kappa shape index (κ2) is 5.54. The van der Waals surface area contributed by atoms with Gasteiger partial charge in [0.25, 0.3) is 0 Å². The molecule has 0 aromatic heterocycles. The highest BCUT2D eigenvalue weighted by Gasteiger charge is 2.05. The van der Waals surface area contributed by atoms with Gasteiger partial charge in [-0.3, -0.25) is 9.59 Å². The predicted octanol–water partition coefficient (Wildman–Crippen LogP) is -1.16. The zero-order valence-corrected chi connectivity index (χ0v) is 6.95. The normalized spacial score (nSPS) is 10.2. The maximum atomic E-state index is 10.3. The fraction of sp³-hybridized carbons (Fsp3) is 0.714. The Morgan fingerprint density at radius 2 is 1.33 bits per heavy atom. The number of primary amides is 2. The Bertz CT molecular complexity index is 152. The molecule has 0 saturated heterocycles. The summed E-state index contributed by atoms with van der Waals surface area (Å²) in [5, 5.41) is 0. The van der Waals surface area contributed by atoms with Crippen molar-refractivity contribution < 1.29 is 9.59 Å². The molecule has 0 radical (unpaired) electrons. The summed E-state index contributed by atoms with van der Waals surface area (Å²) >= 11 is 0. The highest BCUT2D eigenvalue weighted by molar-refractivity contribution is 5.74. The standard InChI is InChI=1S/C7H15N3O2/c8-5(1-3-6(9)11)2-4-7(10)12/h5H,1-4,8H2,(H2,9,11)(H2,10,12). The van der Waals surface area contributed by atoms with Crippen molar-refractivity contribution in [1.82, 2.24) is 0 Å². The van der Waals surface area contributed by atoms with E-state index >= 15 is 0 Å². The molecule has 5 nitrogen and oxygen atoms in total. The average Bonchev–Trinajstić information content (AvgIpc) is 1.96. The SMILES string of the molecule is NC(=O)CCC(N)CCC(N)=O. The van der Waals surface area contributed by atoms with Crippen LogP contribution in [0.2, 0.25) is 0 Å². The monoisotopic (exact) mass is 173 g/mol. The Balaban J connectivity index is 3.39. The van der Waals surface area contributed by atoms with E-state index in [9.17, 15) is 9.59 Å². The Labute approximate surface area is 71.3 Å². The molecule has 0 aromatic rings. The first kappa shape index (κ1) is 10.9. The smallest absolute Gasteiger partial charge is 0.217 e. The van der Waals surface area contributed by atoms with Crippen molar-refractivity contribution in [3.05, 3.63) is 0 Å². The molecule has 0 fully saturated rings. The van der Waals surface area contributed by atoms with E-state index in [2.05, 4.69) is 0 Å². The van der Waals surface area contributed by atoms with Crippen molar-refractivity contribution in [2.75, 3.05) is 0 Å². The lowest BCUT2D eigenvalue weighted by Gasteiger charge is -2.07. The molecule has 70 valence electrons. The number of rotatable bonds is 6. The molecule has 0 saturated carbocycles. The van der Waals surface area contributed by atoms with E-state index in [1.807, 2.05) is 0 Å². The highest BCUT2D eigenvalue weighted by atomic mass is 16.1. The molecule has 0 aliphatic rings. The van der Waals surface area contributed by atoms with Crippen LogP contribution in [0.3, 0.4) is 0 Å². The number of carbonyl (C=O) groups excluding carboxylic acids is 2. The second-order valence-electron chi connectivity index (χ2n) is 2.77. The van der Waals surface area contributed by atoms with Gasteiger partial charge in [0.1, 0.15) is 0 Å². The van der Waals surface area contributed by atoms with Crippen molar-refractivity contribution in [3.63, 3.8) is 0 Å². The van der Waals surface area contributed by atoms with Crippen molar-refractivity contribution >= 4 is 11.8 Å². The molecule has 6 N–H and O–H groups in total. The first-order chi connectivity index (χ1) is 5.52. The summed E-state index contributed by atoms with van der Waals surface area (Å²) in [6.45, 7) is 0. The molecule has 0 aromatic carbocycles. The van der Waals surface area contributed by atoms with Gasteiger partial charge in [0.2, 0.25) is 11.8 Å². The van der Waals surface area contributed by atoms with E-state index in [0.29, 0.717) is 12.8 Å². The van der Waals surface area contributed by atoms with Gasteiger partial charge in [-0.05, 0) is 12.8 Å². The molecule has 2 amide bonds. The lowest BCUT2D eigenvalue weighted by Crippen LogP contribution is -2.25. The van der Waals surface area contributed by atoms with Crippen LogP contribution < -0.4 is 17.2 Å². The zero-order chi connectivity index (χ0) is 9.56. The van der Waals surface area contributed by atoms with Gasteiger partial charge in [0, 0.05) is 18.9 Å². The van der Waals surface area contributed by atoms with Crippen LogP contribution in [0.25, 0.3) is 0 Å². The molecule has 0 aliphatic carbocycles. The molecule has 0 atom stereocenters. The van der Waals surface area contributed by atoms with Crippen molar-refractivity contribution in [2.24, 2.45) is 17.2 Å². The first-order valence-electron chi connectivity index (χ1n) is 3.84. The van der Waals surface area contributed by atoms with Gasteiger partial charge < -0.3 is 17.2 Å². The molecule has 0 aliphatic heterocycles. The van der Waals surface area contributed by atoms with Gasteiger partial charge in [-0.1, -0.05) is 0 Å². The second-order valence-corrected chi connectivity index (χ2v) is 2.77. The Hall–Kier alpha value is -1.10. The van der Waals surface area contributed by atoms with E-state index in [1.54, 1.807) is 0 Å². The maximum Gasteiger partial charge on any atom is 0.217 e. The van der Waals surface area contributed by atoms with Gasteiger partial charge in [-0.2, -0.15) is 0 Å². The van der Waals surface area contributed by atoms with E-state index in [4.69, 9.17) is 17.2 Å². The quantitative estimate of drug-likeness (QED) is 0.471. The Morgan fingerprint density at radius 1 is 1.00 bits per heavy atom. The minimum atomic E-state index is -0.371. The summed E-state index contributed by atoms with van der Waals surface area (Å²) in [7, 11) is 0. The average molecular weight is 173 g/mol. The minimum absolute atomic E-state index is 0.162. The van der Waals surface area contributed by atoms with Crippen molar-refractivity contribution in [1.29, 1.82) is 0 Å². The summed E-state index contributed by atoms with van der Waals surface area (Å²) < 4.78 is 0. The topological polar surface area (TPSA) is 112 Å². The summed E-state index contributed by atoms with van der Waals surface area (Å²) in [6, 6.07) is -0.162. The lowest BCUT2D eigenvalue weighted by atomic mass is 10.1. The third kappa shape index (κ3) is 7.01. The molecule has 0 bridgehead atoms. The highest BCUT2D eigenvalue weighted by Crippen LogP contribution is 2.00. The molecule has 0 heterocycles. The largest absolute Gasteiger partial charge is 0.370 e. The summed E-state index contributed by atoms with van der Waals surface area (Å²) in [5.74, 6) is -0.742. The number of hydrogen-bond donors (Lipinski definition) is 3. The van der Waals surface area contributed by atoms with Crippen LogP contribution >= 0.6 is 0 Å².